The van der Waals surface area contributed by atoms with Crippen LogP contribution in [0.1, 0.15) is 49.3 Å². The molecule has 2 aliphatic carbocycles. The number of hydrogen-bond donors (Lipinski definition) is 0. The molecule has 0 spiro atoms. The molecule has 19 heavy (non-hydrogen) atoms. The first-order valence-corrected chi connectivity index (χ1v) is 7.02. The number of nitriles is 1. The Labute approximate surface area is 116 Å². The van der Waals surface area contributed by atoms with E-state index in [4.69, 9.17) is 5.26 Å². The molecule has 0 atom stereocenters. The van der Waals surface area contributed by atoms with Crippen LogP contribution in [0.25, 0.3) is 11.1 Å². The molecule has 0 heterocycles. The van der Waals surface area contributed by atoms with Crippen molar-refractivity contribution in [3.63, 3.8) is 0 Å². The van der Waals surface area contributed by atoms with Crippen molar-refractivity contribution in [2.45, 2.75) is 46.0 Å². The zero-order valence-electron chi connectivity index (χ0n) is 12.0. The van der Waals surface area contributed by atoms with Crippen molar-refractivity contribution >= 4 is 0 Å². The lowest BCUT2D eigenvalue weighted by atomic mass is 10.00. The van der Waals surface area contributed by atoms with Crippen LogP contribution in [-0.4, -0.2) is 0 Å². The summed E-state index contributed by atoms with van der Waals surface area (Å²) in [6, 6.07) is 13.5. The number of nitrogens with zero attached hydrogens (tertiary/aromatic N) is 1. The molecule has 0 amide bonds. The standard InChI is InChI=1S/C18H21N/c1-13(2)16-9-8-15(6-4-5-11-19)17-10-7-14(3)18(17)12-16/h7-10,12-13H,4-6H2,1-3H3. The Morgan fingerprint density at radius 1 is 1.11 bits per heavy atom. The Kier molecular flexibility index (Phi) is 4.22. The molecule has 2 rings (SSSR count). The summed E-state index contributed by atoms with van der Waals surface area (Å²) in [4.78, 5) is 0. The highest BCUT2D eigenvalue weighted by atomic mass is 14.2. The minimum Gasteiger partial charge on any atom is -0.198 e. The predicted octanol–water partition coefficient (Wildman–Crippen LogP) is 5.07. The molecule has 0 unspecified atom stereocenters. The van der Waals surface area contributed by atoms with Crippen molar-refractivity contribution in [2.75, 3.05) is 0 Å². The molecule has 2 aliphatic rings. The second kappa shape index (κ2) is 5.89. The van der Waals surface area contributed by atoms with E-state index in [1.165, 1.54) is 27.8 Å². The molecule has 0 fully saturated rings. The van der Waals surface area contributed by atoms with E-state index >= 15 is 0 Å². The van der Waals surface area contributed by atoms with Crippen molar-refractivity contribution in [3.05, 3.63) is 47.0 Å². The molecule has 0 saturated carbocycles. The zero-order valence-corrected chi connectivity index (χ0v) is 12.0. The molecule has 0 saturated heterocycles. The van der Waals surface area contributed by atoms with Gasteiger partial charge in [-0.2, -0.15) is 5.26 Å². The van der Waals surface area contributed by atoms with E-state index < -0.39 is 0 Å². The maximum absolute atomic E-state index is 8.68. The summed E-state index contributed by atoms with van der Waals surface area (Å²) in [7, 11) is 0. The Balaban J connectivity index is 2.44. The lowest BCUT2D eigenvalue weighted by molar-refractivity contribution is 0.851. The fourth-order valence-electron chi connectivity index (χ4n) is 2.51. The third-order valence-corrected chi connectivity index (χ3v) is 3.75. The molecule has 0 radical (unpaired) electrons. The van der Waals surface area contributed by atoms with Gasteiger partial charge in [-0.15, -0.1) is 0 Å². The fraction of sp³-hybridized carbons (Fsp3) is 0.389. The van der Waals surface area contributed by atoms with Gasteiger partial charge in [0, 0.05) is 6.42 Å². The van der Waals surface area contributed by atoms with Crippen LogP contribution in [0.3, 0.4) is 0 Å². The minimum atomic E-state index is 0.539. The average Bonchev–Trinajstić information content (AvgIpc) is 2.63. The van der Waals surface area contributed by atoms with Gasteiger partial charge in [0.25, 0.3) is 0 Å². The smallest absolute Gasteiger partial charge is 0.0621 e. The summed E-state index contributed by atoms with van der Waals surface area (Å²) in [5.74, 6) is 0.539. The number of aryl methyl sites for hydroxylation is 2. The first-order chi connectivity index (χ1) is 9.13. The molecule has 98 valence electrons. The van der Waals surface area contributed by atoms with Gasteiger partial charge in [0.15, 0.2) is 0 Å². The Morgan fingerprint density at radius 2 is 1.89 bits per heavy atom. The summed E-state index contributed by atoms with van der Waals surface area (Å²) in [5, 5.41) is 8.68. The topological polar surface area (TPSA) is 23.8 Å². The van der Waals surface area contributed by atoms with Crippen LogP contribution in [0.15, 0.2) is 30.3 Å². The molecule has 1 nitrogen and oxygen atoms in total. The van der Waals surface area contributed by atoms with E-state index in [9.17, 15) is 0 Å². The lowest BCUT2D eigenvalue weighted by Gasteiger charge is -2.04. The Hall–Kier alpha value is -1.81. The third kappa shape index (κ3) is 2.96. The number of hydrogen-bond acceptors (Lipinski definition) is 1. The average molecular weight is 251 g/mol. The van der Waals surface area contributed by atoms with Crippen molar-refractivity contribution < 1.29 is 0 Å². The molecule has 0 aromatic heterocycles. The lowest BCUT2D eigenvalue weighted by Crippen LogP contribution is -1.86. The van der Waals surface area contributed by atoms with Gasteiger partial charge in [-0.3, -0.25) is 0 Å². The maximum atomic E-state index is 8.68. The van der Waals surface area contributed by atoms with E-state index in [-0.39, 0.29) is 0 Å². The van der Waals surface area contributed by atoms with Crippen LogP contribution >= 0.6 is 0 Å². The van der Waals surface area contributed by atoms with Gasteiger partial charge in [0.1, 0.15) is 0 Å². The molecule has 1 heteroatoms. The Morgan fingerprint density at radius 3 is 2.58 bits per heavy atom. The normalized spacial score (nSPS) is 10.9. The predicted molar refractivity (Wildman–Crippen MR) is 80.4 cm³/mol. The SMILES string of the molecule is Cc1ccc2c(CCCC#N)ccc(C(C)C)cc1-2. The summed E-state index contributed by atoms with van der Waals surface area (Å²) in [5.41, 5.74) is 6.80. The van der Waals surface area contributed by atoms with Gasteiger partial charge in [-0.1, -0.05) is 44.2 Å². The summed E-state index contributed by atoms with van der Waals surface area (Å²) in [6.45, 7) is 6.63. The highest BCUT2D eigenvalue weighted by Gasteiger charge is 2.11. The molecule has 0 aromatic carbocycles. The fourth-order valence-corrected chi connectivity index (χ4v) is 2.51. The first kappa shape index (κ1) is 13.6. The van der Waals surface area contributed by atoms with Crippen molar-refractivity contribution in [1.29, 1.82) is 5.26 Å². The molecule has 0 aliphatic heterocycles. The molecular weight excluding hydrogens is 230 g/mol. The third-order valence-electron chi connectivity index (χ3n) is 3.75. The van der Waals surface area contributed by atoms with Crippen molar-refractivity contribution in [1.82, 2.24) is 0 Å². The van der Waals surface area contributed by atoms with Gasteiger partial charge in [-0.05, 0) is 53.5 Å². The first-order valence-electron chi connectivity index (χ1n) is 7.02. The van der Waals surface area contributed by atoms with Gasteiger partial charge >= 0.3 is 0 Å². The van der Waals surface area contributed by atoms with E-state index in [1.54, 1.807) is 0 Å². The van der Waals surface area contributed by atoms with Crippen molar-refractivity contribution in [2.24, 2.45) is 0 Å². The van der Waals surface area contributed by atoms with Crippen LogP contribution in [0, 0.1) is 18.3 Å². The molecule has 0 N–H and O–H groups in total. The maximum Gasteiger partial charge on any atom is 0.0621 e. The zero-order chi connectivity index (χ0) is 13.8. The summed E-state index contributed by atoms with van der Waals surface area (Å²) < 4.78 is 0. The quantitative estimate of drug-likeness (QED) is 0.696. The molecular formula is C18H21N. The van der Waals surface area contributed by atoms with Crippen LogP contribution in [0.2, 0.25) is 0 Å². The number of rotatable bonds is 4. The molecule has 0 aromatic rings. The highest BCUT2D eigenvalue weighted by Crippen LogP contribution is 2.33. The van der Waals surface area contributed by atoms with Gasteiger partial charge in [0.2, 0.25) is 0 Å². The van der Waals surface area contributed by atoms with Crippen LogP contribution < -0.4 is 0 Å². The van der Waals surface area contributed by atoms with Gasteiger partial charge in [-0.25, -0.2) is 0 Å². The van der Waals surface area contributed by atoms with Gasteiger partial charge in [0.05, 0.1) is 6.07 Å². The van der Waals surface area contributed by atoms with Gasteiger partial charge < -0.3 is 0 Å². The van der Waals surface area contributed by atoms with Crippen LogP contribution in [0.4, 0.5) is 0 Å². The van der Waals surface area contributed by atoms with Crippen molar-refractivity contribution in [3.8, 4) is 17.2 Å². The van der Waals surface area contributed by atoms with E-state index in [1.807, 2.05) is 0 Å². The summed E-state index contributed by atoms with van der Waals surface area (Å²) in [6.07, 6.45) is 2.56. The largest absolute Gasteiger partial charge is 0.198 e. The van der Waals surface area contributed by atoms with E-state index in [0.717, 1.165) is 12.8 Å². The monoisotopic (exact) mass is 251 g/mol. The summed E-state index contributed by atoms with van der Waals surface area (Å²) >= 11 is 0. The Bertz CT molecular complexity index is 575. The highest BCUT2D eigenvalue weighted by molar-refractivity contribution is 5.74. The second-order valence-electron chi connectivity index (χ2n) is 5.51. The molecule has 0 bridgehead atoms. The number of fused-ring (bicyclic) bond motifs is 1. The number of unbranched alkanes of at least 4 members (excludes halogenated alkanes) is 1. The van der Waals surface area contributed by atoms with E-state index in [0.29, 0.717) is 12.3 Å². The van der Waals surface area contributed by atoms with Crippen LogP contribution in [0.5, 0.6) is 0 Å². The second-order valence-corrected chi connectivity index (χ2v) is 5.51. The van der Waals surface area contributed by atoms with E-state index in [2.05, 4.69) is 57.2 Å². The van der Waals surface area contributed by atoms with Crippen LogP contribution in [-0.2, 0) is 6.42 Å². The minimum absolute atomic E-state index is 0.539.